The van der Waals surface area contributed by atoms with E-state index in [0.29, 0.717) is 18.3 Å². The topological polar surface area (TPSA) is 57.6 Å². The highest BCUT2D eigenvalue weighted by atomic mass is 16.3. The molecule has 0 aromatic heterocycles. The average molecular weight is 390 g/mol. The fraction of sp³-hybridized carbons (Fsp3) is 0.833. The number of aliphatic hydroxyl groups excluding tert-OH is 1. The van der Waals surface area contributed by atoms with Gasteiger partial charge in [-0.1, -0.05) is 45.8 Å². The molecule has 4 heteroatoms. The molecule has 2 heterocycles. The number of hydrogen-bond donors (Lipinski definition) is 1. The first kappa shape index (κ1) is 21.5. The molecule has 2 fully saturated rings. The van der Waals surface area contributed by atoms with Gasteiger partial charge in [-0.2, -0.15) is 0 Å². The number of aliphatic hydroxyl groups is 1. The summed E-state index contributed by atoms with van der Waals surface area (Å²) in [5, 5.41) is 9.80. The van der Waals surface area contributed by atoms with Crippen LogP contribution < -0.4 is 0 Å². The maximum absolute atomic E-state index is 13.3. The van der Waals surface area contributed by atoms with Crippen LogP contribution in [-0.2, 0) is 9.59 Å². The number of fused-ring (bicyclic) bond motifs is 3. The van der Waals surface area contributed by atoms with E-state index in [1.54, 1.807) is 0 Å². The van der Waals surface area contributed by atoms with Gasteiger partial charge in [-0.3, -0.25) is 9.59 Å². The minimum atomic E-state index is -0.263. The number of piperidine rings is 1. The molecule has 0 aromatic carbocycles. The zero-order valence-corrected chi connectivity index (χ0v) is 18.0. The third-order valence-corrected chi connectivity index (χ3v) is 7.65. The summed E-state index contributed by atoms with van der Waals surface area (Å²) in [5.74, 6) is 1.14. The highest BCUT2D eigenvalue weighted by molar-refractivity contribution is 5.91. The zero-order valence-electron chi connectivity index (χ0n) is 18.0. The summed E-state index contributed by atoms with van der Waals surface area (Å²) in [4.78, 5) is 28.3. The van der Waals surface area contributed by atoms with Crippen LogP contribution in [0.25, 0.3) is 0 Å². The second-order valence-corrected chi connectivity index (χ2v) is 10.0. The Balaban J connectivity index is 1.74. The minimum absolute atomic E-state index is 0.00999. The van der Waals surface area contributed by atoms with E-state index >= 15 is 0 Å². The van der Waals surface area contributed by atoms with E-state index in [4.69, 9.17) is 0 Å². The molecule has 1 saturated carbocycles. The molecule has 0 bridgehead atoms. The van der Waals surface area contributed by atoms with Crippen LogP contribution in [0.15, 0.2) is 12.2 Å². The average Bonchev–Trinajstić information content (AvgIpc) is 3.02. The van der Waals surface area contributed by atoms with Crippen molar-refractivity contribution in [1.29, 1.82) is 0 Å². The second kappa shape index (κ2) is 9.11. The van der Waals surface area contributed by atoms with Crippen molar-refractivity contribution in [2.45, 2.75) is 84.6 Å². The van der Waals surface area contributed by atoms with Crippen molar-refractivity contribution in [3.63, 3.8) is 0 Å². The number of hydrogen-bond acceptors (Lipinski definition) is 3. The van der Waals surface area contributed by atoms with Crippen LogP contribution in [0.5, 0.6) is 0 Å². The summed E-state index contributed by atoms with van der Waals surface area (Å²) in [7, 11) is 0. The second-order valence-electron chi connectivity index (χ2n) is 10.0. The van der Waals surface area contributed by atoms with Crippen molar-refractivity contribution >= 4 is 11.7 Å². The Morgan fingerprint density at radius 3 is 2.36 bits per heavy atom. The number of allylic oxidation sites excluding steroid dienone is 2. The Bertz CT molecular complexity index is 597. The van der Waals surface area contributed by atoms with Crippen molar-refractivity contribution < 1.29 is 14.7 Å². The monoisotopic (exact) mass is 389 g/mol. The third kappa shape index (κ3) is 4.53. The molecular formula is C24H39NO3. The van der Waals surface area contributed by atoms with E-state index in [1.165, 1.54) is 0 Å². The lowest BCUT2D eigenvalue weighted by atomic mass is 9.89. The highest BCUT2D eigenvalue weighted by Gasteiger charge is 2.69. The van der Waals surface area contributed by atoms with Crippen LogP contribution in [0.2, 0.25) is 0 Å². The standard InChI is InChI=1S/C24H39NO3/c1-17-12-10-8-6-4-5-7-9-11-13-18(16-26)14-20(27)22-21-19(24(21,2)3)15-25(22)23(17)28/h4-5,17-19,21-22,26H,6-16H2,1-3H3/b5-4+/t17-,18+,19-,21-,22+/m0/s1. The van der Waals surface area contributed by atoms with Crippen LogP contribution >= 0.6 is 0 Å². The number of Topliss-reactive ketones (excluding diaryl/α,β-unsaturated/α-hetero) is 1. The smallest absolute Gasteiger partial charge is 0.226 e. The quantitative estimate of drug-likeness (QED) is 0.678. The number of carbonyl (C=O) groups excluding carboxylic acids is 2. The number of ketones is 1. The molecule has 2 aliphatic heterocycles. The molecule has 0 unspecified atom stereocenters. The Kier molecular flexibility index (Phi) is 7.01. The fourth-order valence-electron chi connectivity index (χ4n) is 5.60. The minimum Gasteiger partial charge on any atom is -0.396 e. The highest BCUT2D eigenvalue weighted by Crippen LogP contribution is 2.65. The van der Waals surface area contributed by atoms with Gasteiger partial charge in [-0.25, -0.2) is 0 Å². The maximum Gasteiger partial charge on any atom is 0.226 e. The van der Waals surface area contributed by atoms with E-state index in [1.807, 2.05) is 11.8 Å². The van der Waals surface area contributed by atoms with Crippen LogP contribution in [-0.4, -0.2) is 40.9 Å². The summed E-state index contributed by atoms with van der Waals surface area (Å²) in [6.07, 6.45) is 13.3. The van der Waals surface area contributed by atoms with Crippen molar-refractivity contribution in [1.82, 2.24) is 4.90 Å². The summed E-state index contributed by atoms with van der Waals surface area (Å²) in [6, 6.07) is -0.263. The van der Waals surface area contributed by atoms with Gasteiger partial charge >= 0.3 is 0 Å². The van der Waals surface area contributed by atoms with Crippen LogP contribution in [0, 0.1) is 29.1 Å². The van der Waals surface area contributed by atoms with E-state index in [2.05, 4.69) is 26.0 Å². The molecule has 0 spiro atoms. The first-order valence-electron chi connectivity index (χ1n) is 11.5. The van der Waals surface area contributed by atoms with Crippen LogP contribution in [0.1, 0.15) is 78.6 Å². The molecule has 28 heavy (non-hydrogen) atoms. The van der Waals surface area contributed by atoms with Crippen molar-refractivity contribution in [2.75, 3.05) is 13.2 Å². The molecule has 0 radical (unpaired) electrons. The van der Waals surface area contributed by atoms with Gasteiger partial charge in [0.2, 0.25) is 5.91 Å². The van der Waals surface area contributed by atoms with Gasteiger partial charge in [0.05, 0.1) is 6.04 Å². The van der Waals surface area contributed by atoms with Crippen molar-refractivity contribution in [3.05, 3.63) is 12.2 Å². The maximum atomic E-state index is 13.3. The van der Waals surface area contributed by atoms with Gasteiger partial charge in [0.15, 0.2) is 5.78 Å². The molecule has 158 valence electrons. The molecule has 1 saturated heterocycles. The molecule has 4 nitrogen and oxygen atoms in total. The Labute approximate surface area is 170 Å². The van der Waals surface area contributed by atoms with Gasteiger partial charge < -0.3 is 10.0 Å². The lowest BCUT2D eigenvalue weighted by Gasteiger charge is -2.32. The molecule has 1 N–H and O–H groups in total. The van der Waals surface area contributed by atoms with E-state index in [-0.39, 0.29) is 41.6 Å². The lowest BCUT2D eigenvalue weighted by Crippen LogP contribution is -2.47. The van der Waals surface area contributed by atoms with E-state index < -0.39 is 0 Å². The summed E-state index contributed by atoms with van der Waals surface area (Å²) >= 11 is 0. The number of carbonyl (C=O) groups is 2. The first-order chi connectivity index (χ1) is 13.4. The Hall–Kier alpha value is -1.16. The summed E-state index contributed by atoms with van der Waals surface area (Å²) < 4.78 is 0. The van der Waals surface area contributed by atoms with Crippen molar-refractivity contribution in [2.24, 2.45) is 29.1 Å². The molecule has 3 rings (SSSR count). The lowest BCUT2D eigenvalue weighted by molar-refractivity contribution is -0.143. The molecule has 5 atom stereocenters. The molecule has 1 aliphatic carbocycles. The van der Waals surface area contributed by atoms with Gasteiger partial charge in [0.25, 0.3) is 0 Å². The molecule has 1 amide bonds. The predicted octanol–water partition coefficient (Wildman–Crippen LogP) is 4.36. The summed E-state index contributed by atoms with van der Waals surface area (Å²) in [6.45, 7) is 7.30. The SMILES string of the molecule is C[C@H]1CCCC/C=C/CCCC[C@@H](CO)CC(=O)[C@@H]2[C@@H]3[C@H](CN2C1=O)C3(C)C. The number of nitrogens with zero attached hydrogens (tertiary/aromatic N) is 1. The first-order valence-corrected chi connectivity index (χ1v) is 11.5. The van der Waals surface area contributed by atoms with Gasteiger partial charge in [-0.05, 0) is 61.7 Å². The number of amides is 1. The van der Waals surface area contributed by atoms with Gasteiger partial charge in [0.1, 0.15) is 0 Å². The largest absolute Gasteiger partial charge is 0.396 e. The predicted molar refractivity (Wildman–Crippen MR) is 112 cm³/mol. The third-order valence-electron chi connectivity index (χ3n) is 7.65. The Morgan fingerprint density at radius 1 is 1.07 bits per heavy atom. The normalized spacial score (nSPS) is 38.4. The zero-order chi connectivity index (χ0) is 20.3. The summed E-state index contributed by atoms with van der Waals surface area (Å²) in [5.41, 5.74) is 0.166. The van der Waals surface area contributed by atoms with Crippen molar-refractivity contribution in [3.8, 4) is 0 Å². The molecule has 0 aromatic rings. The number of rotatable bonds is 1. The van der Waals surface area contributed by atoms with E-state index in [0.717, 1.165) is 57.9 Å². The van der Waals surface area contributed by atoms with Crippen LogP contribution in [0.3, 0.4) is 0 Å². The molecular weight excluding hydrogens is 350 g/mol. The van der Waals surface area contributed by atoms with Crippen LogP contribution in [0.4, 0.5) is 0 Å². The fourth-order valence-corrected chi connectivity index (χ4v) is 5.60. The van der Waals surface area contributed by atoms with Gasteiger partial charge in [-0.15, -0.1) is 0 Å². The van der Waals surface area contributed by atoms with Gasteiger partial charge in [0, 0.05) is 25.5 Å². The Morgan fingerprint density at radius 2 is 1.71 bits per heavy atom. The molecule has 3 aliphatic rings. The van der Waals surface area contributed by atoms with E-state index in [9.17, 15) is 14.7 Å².